The Kier molecular flexibility index (Phi) is 4.49. The number of imidazole rings is 1. The quantitative estimate of drug-likeness (QED) is 0.500. The summed E-state index contributed by atoms with van der Waals surface area (Å²) in [5, 5.41) is 5.66. The smallest absolute Gasteiger partial charge is 0.260 e. The molecule has 0 saturated carbocycles. The first-order valence-corrected chi connectivity index (χ1v) is 10.5. The minimum atomic E-state index is -0.0732. The lowest BCUT2D eigenvalue weighted by molar-refractivity contribution is 0.679. The molecule has 4 aromatic heterocycles. The van der Waals surface area contributed by atoms with E-state index in [1.54, 1.807) is 29.3 Å². The van der Waals surface area contributed by atoms with Gasteiger partial charge in [0.05, 0.1) is 10.6 Å². The lowest BCUT2D eigenvalue weighted by atomic mass is 10.2. The van der Waals surface area contributed by atoms with Crippen LogP contribution >= 0.6 is 34.4 Å². The van der Waals surface area contributed by atoms with Crippen LogP contribution in [0.3, 0.4) is 0 Å². The summed E-state index contributed by atoms with van der Waals surface area (Å²) in [7, 11) is 0. The van der Waals surface area contributed by atoms with Gasteiger partial charge in [-0.25, -0.2) is 9.97 Å². The monoisotopic (exact) mass is 388 g/mol. The molecular formula is C17H16N4OS3. The number of rotatable bonds is 5. The van der Waals surface area contributed by atoms with Gasteiger partial charge in [-0.2, -0.15) is 0 Å². The second-order valence-corrected chi connectivity index (χ2v) is 8.63. The minimum Gasteiger partial charge on any atom is -0.326 e. The lowest BCUT2D eigenvalue weighted by Crippen LogP contribution is -2.12. The summed E-state index contributed by atoms with van der Waals surface area (Å²) in [6, 6.07) is 4.02. The maximum absolute atomic E-state index is 12.7. The van der Waals surface area contributed by atoms with E-state index >= 15 is 0 Å². The summed E-state index contributed by atoms with van der Waals surface area (Å²) in [5.74, 6) is 0.688. The highest BCUT2D eigenvalue weighted by atomic mass is 32.2. The maximum Gasteiger partial charge on any atom is 0.260 e. The van der Waals surface area contributed by atoms with Crippen molar-refractivity contribution in [3.8, 4) is 10.4 Å². The predicted molar refractivity (Wildman–Crippen MR) is 106 cm³/mol. The van der Waals surface area contributed by atoms with Crippen LogP contribution in [-0.4, -0.2) is 19.5 Å². The van der Waals surface area contributed by atoms with Crippen molar-refractivity contribution in [2.24, 2.45) is 0 Å². The van der Waals surface area contributed by atoms with Crippen molar-refractivity contribution in [3.63, 3.8) is 0 Å². The summed E-state index contributed by atoms with van der Waals surface area (Å²) in [6.45, 7) is 4.99. The number of aryl methyl sites for hydroxylation is 1. The van der Waals surface area contributed by atoms with Crippen LogP contribution in [0.2, 0.25) is 0 Å². The molecule has 0 saturated heterocycles. The molecule has 0 amide bonds. The molecule has 5 nitrogen and oxygen atoms in total. The third kappa shape index (κ3) is 3.05. The Morgan fingerprint density at radius 3 is 3.04 bits per heavy atom. The molecule has 0 aliphatic rings. The number of hydrogen-bond donors (Lipinski definition) is 1. The van der Waals surface area contributed by atoms with E-state index in [9.17, 15) is 4.79 Å². The molecule has 4 aromatic rings. The summed E-state index contributed by atoms with van der Waals surface area (Å²) in [4.78, 5) is 26.6. The molecule has 0 aromatic carbocycles. The molecule has 0 spiro atoms. The van der Waals surface area contributed by atoms with Gasteiger partial charge in [-0.1, -0.05) is 17.8 Å². The highest BCUT2D eigenvalue weighted by Crippen LogP contribution is 2.36. The van der Waals surface area contributed by atoms with E-state index in [0.29, 0.717) is 11.2 Å². The van der Waals surface area contributed by atoms with Crippen LogP contribution in [0.25, 0.3) is 20.7 Å². The molecule has 0 bridgehead atoms. The normalized spacial score (nSPS) is 12.7. The summed E-state index contributed by atoms with van der Waals surface area (Å²) in [5.41, 5.74) is 0.896. The Hall–Kier alpha value is -1.90. The van der Waals surface area contributed by atoms with Gasteiger partial charge in [-0.3, -0.25) is 4.79 Å². The van der Waals surface area contributed by atoms with Crippen molar-refractivity contribution < 1.29 is 0 Å². The van der Waals surface area contributed by atoms with Crippen molar-refractivity contribution in [1.29, 1.82) is 0 Å². The van der Waals surface area contributed by atoms with Crippen molar-refractivity contribution in [3.05, 3.63) is 51.5 Å². The summed E-state index contributed by atoms with van der Waals surface area (Å²) >= 11 is 4.75. The maximum atomic E-state index is 12.7. The van der Waals surface area contributed by atoms with Gasteiger partial charge in [-0.15, -0.1) is 22.7 Å². The molecule has 1 unspecified atom stereocenters. The lowest BCUT2D eigenvalue weighted by Gasteiger charge is -2.11. The number of aromatic nitrogens is 4. The largest absolute Gasteiger partial charge is 0.326 e. The van der Waals surface area contributed by atoms with Crippen molar-refractivity contribution >= 4 is 44.7 Å². The Labute approximate surface area is 156 Å². The standard InChI is InChI=1S/C17H16N4OS3/c1-3-21-7-6-18-17(21)25-10(2)14-19-15(22)13-11(9-24-16(13)20-14)12-5-4-8-23-12/h4-10H,3H2,1-2H3,(H,19,20,22). The first-order valence-electron chi connectivity index (χ1n) is 7.90. The summed E-state index contributed by atoms with van der Waals surface area (Å²) in [6.07, 6.45) is 3.76. The van der Waals surface area contributed by atoms with Crippen LogP contribution in [0.15, 0.2) is 45.2 Å². The topological polar surface area (TPSA) is 63.6 Å². The average Bonchev–Trinajstić information content (AvgIpc) is 3.34. The molecule has 1 atom stereocenters. The highest BCUT2D eigenvalue weighted by molar-refractivity contribution is 7.99. The zero-order chi connectivity index (χ0) is 17.4. The Morgan fingerprint density at radius 1 is 1.40 bits per heavy atom. The van der Waals surface area contributed by atoms with Crippen molar-refractivity contribution in [2.75, 3.05) is 0 Å². The summed E-state index contributed by atoms with van der Waals surface area (Å²) < 4.78 is 2.08. The molecule has 0 fully saturated rings. The Morgan fingerprint density at radius 2 is 2.28 bits per heavy atom. The van der Waals surface area contributed by atoms with Crippen molar-refractivity contribution in [2.45, 2.75) is 30.8 Å². The molecule has 1 N–H and O–H groups in total. The Bertz CT molecular complexity index is 1060. The van der Waals surface area contributed by atoms with E-state index in [0.717, 1.165) is 27.0 Å². The van der Waals surface area contributed by atoms with Gasteiger partial charge in [0.25, 0.3) is 5.56 Å². The van der Waals surface area contributed by atoms with Gasteiger partial charge in [0.15, 0.2) is 5.16 Å². The van der Waals surface area contributed by atoms with Crippen LogP contribution in [0.5, 0.6) is 0 Å². The number of H-pyrrole nitrogens is 1. The first kappa shape index (κ1) is 16.6. The number of fused-ring (bicyclic) bond motifs is 1. The first-order chi connectivity index (χ1) is 12.2. The number of thioether (sulfide) groups is 1. The van der Waals surface area contributed by atoms with Crippen LogP contribution in [0, 0.1) is 0 Å². The van der Waals surface area contributed by atoms with Gasteiger partial charge >= 0.3 is 0 Å². The van der Waals surface area contributed by atoms with E-state index < -0.39 is 0 Å². The molecular weight excluding hydrogens is 372 g/mol. The number of aromatic amines is 1. The van der Waals surface area contributed by atoms with Crippen LogP contribution < -0.4 is 5.56 Å². The van der Waals surface area contributed by atoms with Gasteiger partial charge in [0, 0.05) is 34.8 Å². The fraction of sp³-hybridized carbons (Fsp3) is 0.235. The van der Waals surface area contributed by atoms with Crippen molar-refractivity contribution in [1.82, 2.24) is 19.5 Å². The van der Waals surface area contributed by atoms with Crippen LogP contribution in [-0.2, 0) is 6.54 Å². The molecule has 8 heteroatoms. The Balaban J connectivity index is 1.71. The molecule has 0 radical (unpaired) electrons. The molecule has 25 heavy (non-hydrogen) atoms. The van der Waals surface area contributed by atoms with E-state index in [1.807, 2.05) is 36.0 Å². The van der Waals surface area contributed by atoms with E-state index in [1.165, 1.54) is 11.3 Å². The minimum absolute atomic E-state index is 0.0112. The van der Waals surface area contributed by atoms with E-state index in [-0.39, 0.29) is 10.8 Å². The third-order valence-electron chi connectivity index (χ3n) is 3.93. The van der Waals surface area contributed by atoms with Gasteiger partial charge in [0.1, 0.15) is 10.7 Å². The predicted octanol–water partition coefficient (Wildman–Crippen LogP) is 4.78. The molecule has 4 heterocycles. The second-order valence-electron chi connectivity index (χ2n) is 5.51. The van der Waals surface area contributed by atoms with Crippen LogP contribution in [0.1, 0.15) is 24.9 Å². The van der Waals surface area contributed by atoms with E-state index in [4.69, 9.17) is 4.98 Å². The average molecular weight is 389 g/mol. The number of hydrogen-bond acceptors (Lipinski definition) is 6. The van der Waals surface area contributed by atoms with Gasteiger partial charge in [-0.05, 0) is 25.3 Å². The number of nitrogens with one attached hydrogen (secondary N) is 1. The molecule has 128 valence electrons. The van der Waals surface area contributed by atoms with Crippen LogP contribution in [0.4, 0.5) is 0 Å². The fourth-order valence-corrected chi connectivity index (χ4v) is 5.40. The number of thiophene rings is 2. The van der Waals surface area contributed by atoms with Gasteiger partial charge in [0.2, 0.25) is 0 Å². The highest BCUT2D eigenvalue weighted by Gasteiger charge is 2.18. The molecule has 0 aliphatic carbocycles. The van der Waals surface area contributed by atoms with Gasteiger partial charge < -0.3 is 9.55 Å². The second kappa shape index (κ2) is 6.78. The zero-order valence-electron chi connectivity index (χ0n) is 13.7. The molecule has 0 aliphatic heterocycles. The van der Waals surface area contributed by atoms with E-state index in [2.05, 4.69) is 21.5 Å². The fourth-order valence-electron chi connectivity index (χ4n) is 2.64. The SMILES string of the molecule is CCn1ccnc1SC(C)c1nc2scc(-c3cccs3)c2c(=O)[nH]1. The third-order valence-corrected chi connectivity index (χ3v) is 6.84. The number of nitrogens with zero attached hydrogens (tertiary/aromatic N) is 3. The zero-order valence-corrected chi connectivity index (χ0v) is 16.2. The molecule has 4 rings (SSSR count).